The first-order valence-electron chi connectivity index (χ1n) is 11.1. The molecule has 174 valence electrons. The predicted molar refractivity (Wildman–Crippen MR) is 137 cm³/mol. The van der Waals surface area contributed by atoms with Gasteiger partial charge in [-0.1, -0.05) is 24.3 Å². The van der Waals surface area contributed by atoms with Gasteiger partial charge in [0.2, 0.25) is 5.95 Å². The Hall–Kier alpha value is -1.98. The normalized spacial score (nSPS) is 17.7. The number of guanidine groups is 1. The molecular formula is C23H33IN6O2. The van der Waals surface area contributed by atoms with Crippen LogP contribution in [-0.2, 0) is 22.6 Å². The van der Waals surface area contributed by atoms with Crippen molar-refractivity contribution >= 4 is 35.9 Å². The van der Waals surface area contributed by atoms with Crippen molar-refractivity contribution in [3.8, 4) is 0 Å². The van der Waals surface area contributed by atoms with E-state index in [9.17, 15) is 0 Å². The van der Waals surface area contributed by atoms with Gasteiger partial charge in [0.25, 0.3) is 0 Å². The van der Waals surface area contributed by atoms with Crippen LogP contribution in [0.2, 0.25) is 0 Å². The molecule has 9 heteroatoms. The van der Waals surface area contributed by atoms with Crippen LogP contribution in [-0.4, -0.2) is 73.4 Å². The molecular weight excluding hydrogens is 519 g/mol. The number of aromatic nitrogens is 2. The van der Waals surface area contributed by atoms with Gasteiger partial charge < -0.3 is 24.6 Å². The van der Waals surface area contributed by atoms with Gasteiger partial charge in [0.1, 0.15) is 0 Å². The van der Waals surface area contributed by atoms with Crippen LogP contribution in [0.3, 0.4) is 0 Å². The summed E-state index contributed by atoms with van der Waals surface area (Å²) in [5.74, 6) is 1.73. The minimum Gasteiger partial charge on any atom is -0.381 e. The summed E-state index contributed by atoms with van der Waals surface area (Å²) in [7, 11) is 1.84. The largest absolute Gasteiger partial charge is 0.381 e. The molecule has 0 aliphatic carbocycles. The Balaban J connectivity index is 0.00000289. The van der Waals surface area contributed by atoms with Crippen molar-refractivity contribution in [3.05, 3.63) is 53.9 Å². The van der Waals surface area contributed by atoms with Crippen molar-refractivity contribution in [2.75, 3.05) is 51.3 Å². The molecule has 3 heterocycles. The molecule has 1 aromatic heterocycles. The zero-order valence-electron chi connectivity index (χ0n) is 18.7. The lowest BCUT2D eigenvalue weighted by Gasteiger charge is -2.36. The third-order valence-corrected chi connectivity index (χ3v) is 5.75. The number of anilines is 1. The van der Waals surface area contributed by atoms with E-state index in [4.69, 9.17) is 9.47 Å². The molecule has 0 saturated carbocycles. The molecule has 32 heavy (non-hydrogen) atoms. The molecule has 2 aromatic rings. The number of rotatable bonds is 6. The highest BCUT2D eigenvalue weighted by atomic mass is 127. The summed E-state index contributed by atoms with van der Waals surface area (Å²) in [6, 6.07) is 10.5. The smallest absolute Gasteiger partial charge is 0.225 e. The van der Waals surface area contributed by atoms with Crippen LogP contribution < -0.4 is 10.2 Å². The summed E-state index contributed by atoms with van der Waals surface area (Å²) >= 11 is 0. The molecule has 2 saturated heterocycles. The van der Waals surface area contributed by atoms with Crippen molar-refractivity contribution in [2.24, 2.45) is 4.99 Å². The van der Waals surface area contributed by atoms with Crippen LogP contribution in [0.25, 0.3) is 0 Å². The summed E-state index contributed by atoms with van der Waals surface area (Å²) in [6.45, 7) is 6.57. The van der Waals surface area contributed by atoms with Gasteiger partial charge in [0.15, 0.2) is 5.96 Å². The number of hydrogen-bond acceptors (Lipinski definition) is 6. The van der Waals surface area contributed by atoms with E-state index < -0.39 is 0 Å². The highest BCUT2D eigenvalue weighted by molar-refractivity contribution is 14.0. The lowest BCUT2D eigenvalue weighted by Crippen LogP contribution is -2.52. The van der Waals surface area contributed by atoms with E-state index in [1.165, 1.54) is 11.1 Å². The third kappa shape index (κ3) is 7.01. The number of ether oxygens (including phenoxy) is 2. The maximum absolute atomic E-state index is 6.01. The molecule has 1 aromatic carbocycles. The van der Waals surface area contributed by atoms with E-state index >= 15 is 0 Å². The Bertz CT molecular complexity index is 822. The van der Waals surface area contributed by atoms with Crippen LogP contribution in [0.4, 0.5) is 5.95 Å². The van der Waals surface area contributed by atoms with Crippen LogP contribution in [0, 0.1) is 0 Å². The summed E-state index contributed by atoms with van der Waals surface area (Å²) in [6.07, 6.45) is 5.89. The summed E-state index contributed by atoms with van der Waals surface area (Å²) in [4.78, 5) is 17.7. The van der Waals surface area contributed by atoms with Crippen LogP contribution in [0.15, 0.2) is 47.7 Å². The first kappa shape index (κ1) is 24.7. The van der Waals surface area contributed by atoms with Gasteiger partial charge in [0.05, 0.1) is 12.7 Å². The highest BCUT2D eigenvalue weighted by Gasteiger charge is 2.21. The fourth-order valence-electron chi connectivity index (χ4n) is 3.90. The maximum atomic E-state index is 6.01. The second-order valence-electron chi connectivity index (χ2n) is 7.86. The predicted octanol–water partition coefficient (Wildman–Crippen LogP) is 2.69. The number of nitrogens with one attached hydrogen (secondary N) is 1. The van der Waals surface area contributed by atoms with E-state index in [-0.39, 0.29) is 24.0 Å². The number of halogens is 1. The average molecular weight is 552 g/mol. The molecule has 0 radical (unpaired) electrons. The van der Waals surface area contributed by atoms with Gasteiger partial charge >= 0.3 is 0 Å². The van der Waals surface area contributed by atoms with Crippen LogP contribution in [0.1, 0.15) is 24.0 Å². The Morgan fingerprint density at radius 1 is 1.06 bits per heavy atom. The SMILES string of the molecule is CN=C(NCc1ccc(COC2CCOCC2)cc1)N1CCN(c2ncccn2)CC1.I. The number of piperazine rings is 1. The van der Waals surface area contributed by atoms with E-state index in [2.05, 4.69) is 54.3 Å². The number of benzene rings is 1. The molecule has 4 rings (SSSR count). The zero-order chi connectivity index (χ0) is 21.3. The summed E-state index contributed by atoms with van der Waals surface area (Å²) in [5.41, 5.74) is 2.44. The van der Waals surface area contributed by atoms with Crippen molar-refractivity contribution < 1.29 is 9.47 Å². The van der Waals surface area contributed by atoms with E-state index in [1.54, 1.807) is 12.4 Å². The average Bonchev–Trinajstić information content (AvgIpc) is 2.85. The van der Waals surface area contributed by atoms with Crippen molar-refractivity contribution in [1.82, 2.24) is 20.2 Å². The molecule has 2 aliphatic heterocycles. The molecule has 2 aliphatic rings. The maximum Gasteiger partial charge on any atom is 0.225 e. The van der Waals surface area contributed by atoms with Gasteiger partial charge in [-0.2, -0.15) is 0 Å². The molecule has 0 amide bonds. The van der Waals surface area contributed by atoms with Gasteiger partial charge in [0, 0.05) is 65.4 Å². The molecule has 0 unspecified atom stereocenters. The quantitative estimate of drug-likeness (QED) is 0.336. The Morgan fingerprint density at radius 3 is 2.38 bits per heavy atom. The Kier molecular flexibility index (Phi) is 9.94. The molecule has 0 bridgehead atoms. The van der Waals surface area contributed by atoms with Gasteiger partial charge in [-0.25, -0.2) is 9.97 Å². The fourth-order valence-corrected chi connectivity index (χ4v) is 3.90. The molecule has 0 spiro atoms. The number of aliphatic imine (C=N–C) groups is 1. The lowest BCUT2D eigenvalue weighted by atomic mass is 10.1. The minimum absolute atomic E-state index is 0. The fraction of sp³-hybridized carbons (Fsp3) is 0.522. The Labute approximate surface area is 207 Å². The lowest BCUT2D eigenvalue weighted by molar-refractivity contribution is -0.0390. The van der Waals surface area contributed by atoms with Crippen molar-refractivity contribution in [3.63, 3.8) is 0 Å². The van der Waals surface area contributed by atoms with Crippen LogP contribution in [0.5, 0.6) is 0 Å². The standard InChI is InChI=1S/C23H32N6O2.HI/c1-24-22(28-11-13-29(14-12-28)23-25-9-2-10-26-23)27-17-19-3-5-20(6-4-19)18-31-21-7-15-30-16-8-21;/h2-6,9-10,21H,7-8,11-18H2,1H3,(H,24,27);1H. The van der Waals surface area contributed by atoms with Crippen LogP contribution >= 0.6 is 24.0 Å². The van der Waals surface area contributed by atoms with Gasteiger partial charge in [-0.05, 0) is 30.0 Å². The van der Waals surface area contributed by atoms with Crippen molar-refractivity contribution in [1.29, 1.82) is 0 Å². The second-order valence-corrected chi connectivity index (χ2v) is 7.86. The minimum atomic E-state index is 0. The van der Waals surface area contributed by atoms with Crippen molar-refractivity contribution in [2.45, 2.75) is 32.1 Å². The molecule has 0 atom stereocenters. The van der Waals surface area contributed by atoms with E-state index in [0.717, 1.165) is 70.7 Å². The monoisotopic (exact) mass is 552 g/mol. The number of nitrogens with zero attached hydrogens (tertiary/aromatic N) is 5. The first-order valence-corrected chi connectivity index (χ1v) is 11.1. The van der Waals surface area contributed by atoms with E-state index in [1.807, 2.05) is 13.1 Å². The molecule has 8 nitrogen and oxygen atoms in total. The molecule has 2 fully saturated rings. The highest BCUT2D eigenvalue weighted by Crippen LogP contribution is 2.14. The Morgan fingerprint density at radius 2 is 1.72 bits per heavy atom. The molecule has 1 N–H and O–H groups in total. The zero-order valence-corrected chi connectivity index (χ0v) is 21.0. The second kappa shape index (κ2) is 12.9. The summed E-state index contributed by atoms with van der Waals surface area (Å²) in [5, 5.41) is 3.49. The van der Waals surface area contributed by atoms with Gasteiger partial charge in [-0.3, -0.25) is 4.99 Å². The third-order valence-electron chi connectivity index (χ3n) is 5.75. The topological polar surface area (TPSA) is 75.1 Å². The number of hydrogen-bond donors (Lipinski definition) is 1. The van der Waals surface area contributed by atoms with Gasteiger partial charge in [-0.15, -0.1) is 24.0 Å². The van der Waals surface area contributed by atoms with E-state index in [0.29, 0.717) is 12.7 Å². The first-order chi connectivity index (χ1) is 15.3. The summed E-state index contributed by atoms with van der Waals surface area (Å²) < 4.78 is 11.4.